The number of amides is 2. The van der Waals surface area contributed by atoms with E-state index in [1.165, 1.54) is 34.9 Å². The number of aromatic nitrogens is 2. The van der Waals surface area contributed by atoms with E-state index in [4.69, 9.17) is 15.2 Å². The fourth-order valence-corrected chi connectivity index (χ4v) is 4.30. The normalized spacial score (nSPS) is 10.3. The number of thioether (sulfide) groups is 2. The zero-order valence-corrected chi connectivity index (χ0v) is 16.4. The summed E-state index contributed by atoms with van der Waals surface area (Å²) in [5.41, 5.74) is 5.08. The maximum absolute atomic E-state index is 11.9. The number of primary amides is 1. The van der Waals surface area contributed by atoms with Gasteiger partial charge in [-0.2, -0.15) is 0 Å². The molecule has 8 nitrogen and oxygen atoms in total. The van der Waals surface area contributed by atoms with Gasteiger partial charge in [-0.05, 0) is 12.1 Å². The molecular weight excluding hydrogens is 396 g/mol. The molecule has 0 aliphatic carbocycles. The largest absolute Gasteiger partial charge is 0.493 e. The molecule has 1 heterocycles. The summed E-state index contributed by atoms with van der Waals surface area (Å²) in [6.07, 6.45) is 0. The smallest absolute Gasteiger partial charge is 0.230 e. The van der Waals surface area contributed by atoms with Gasteiger partial charge in [-0.3, -0.25) is 9.59 Å². The maximum Gasteiger partial charge on any atom is 0.230 e. The van der Waals surface area contributed by atoms with Crippen LogP contribution in [0.4, 0.5) is 0 Å². The average Bonchev–Trinajstić information content (AvgIpc) is 3.10. The van der Waals surface area contributed by atoms with Gasteiger partial charge in [0.25, 0.3) is 0 Å². The summed E-state index contributed by atoms with van der Waals surface area (Å²) in [4.78, 5) is 22.6. The lowest BCUT2D eigenvalue weighted by Crippen LogP contribution is -2.29. The number of carbonyl (C=O) groups excluding carboxylic acids is 2. The Bertz CT molecular complexity index is 741. The number of hydrogen-bond donors (Lipinski definition) is 2. The van der Waals surface area contributed by atoms with Gasteiger partial charge in [0.2, 0.25) is 11.8 Å². The first-order valence-electron chi connectivity index (χ1n) is 7.48. The van der Waals surface area contributed by atoms with Crippen LogP contribution in [0.15, 0.2) is 32.9 Å². The number of ether oxygens (including phenoxy) is 2. The van der Waals surface area contributed by atoms with Crippen molar-refractivity contribution in [3.05, 3.63) is 24.3 Å². The summed E-state index contributed by atoms with van der Waals surface area (Å²) in [5.74, 6) is 1.13. The fraction of sp³-hybridized carbons (Fsp3) is 0.333. The van der Waals surface area contributed by atoms with Crippen LogP contribution in [0.5, 0.6) is 11.5 Å². The van der Waals surface area contributed by atoms with E-state index in [-0.39, 0.29) is 17.4 Å². The number of nitrogens with two attached hydrogens (primary N) is 1. The van der Waals surface area contributed by atoms with Gasteiger partial charge in [-0.25, -0.2) is 0 Å². The van der Waals surface area contributed by atoms with Crippen LogP contribution >= 0.6 is 34.9 Å². The summed E-state index contributed by atoms with van der Waals surface area (Å²) in [7, 11) is 1.58. The topological polar surface area (TPSA) is 116 Å². The minimum absolute atomic E-state index is 0.125. The average molecular weight is 415 g/mol. The van der Waals surface area contributed by atoms with E-state index in [0.717, 1.165) is 0 Å². The van der Waals surface area contributed by atoms with Crippen LogP contribution in [0, 0.1) is 0 Å². The van der Waals surface area contributed by atoms with Crippen molar-refractivity contribution in [3.63, 3.8) is 0 Å². The zero-order chi connectivity index (χ0) is 18.8. The standard InChI is InChI=1S/C15H18N4O4S3/c1-22-10-4-2-3-5-11(10)23-7-6-17-13(21)9-25-15-19-18-14(26-15)24-8-12(16)20/h2-5H,6-9H2,1H3,(H2,16,20)(H,17,21). The molecule has 140 valence electrons. The number of methoxy groups -OCH3 is 1. The van der Waals surface area contributed by atoms with Crippen molar-refractivity contribution in [2.45, 2.75) is 8.68 Å². The maximum atomic E-state index is 11.9. The van der Waals surface area contributed by atoms with Crippen molar-refractivity contribution in [3.8, 4) is 11.5 Å². The van der Waals surface area contributed by atoms with E-state index >= 15 is 0 Å². The van der Waals surface area contributed by atoms with Gasteiger partial charge in [-0.1, -0.05) is 47.0 Å². The molecule has 1 aromatic heterocycles. The summed E-state index contributed by atoms with van der Waals surface area (Å²) in [6, 6.07) is 7.32. The van der Waals surface area contributed by atoms with Crippen molar-refractivity contribution in [2.24, 2.45) is 5.73 Å². The van der Waals surface area contributed by atoms with E-state index in [1.807, 2.05) is 18.2 Å². The number of rotatable bonds is 11. The summed E-state index contributed by atoms with van der Waals surface area (Å²) >= 11 is 3.84. The monoisotopic (exact) mass is 414 g/mol. The molecule has 0 atom stereocenters. The quantitative estimate of drug-likeness (QED) is 0.419. The van der Waals surface area contributed by atoms with Gasteiger partial charge in [-0.15, -0.1) is 10.2 Å². The van der Waals surface area contributed by atoms with Crippen molar-refractivity contribution >= 4 is 46.7 Å². The van der Waals surface area contributed by atoms with Crippen molar-refractivity contribution in [1.82, 2.24) is 15.5 Å². The molecule has 26 heavy (non-hydrogen) atoms. The molecule has 0 spiro atoms. The highest BCUT2D eigenvalue weighted by Gasteiger charge is 2.09. The lowest BCUT2D eigenvalue weighted by atomic mass is 10.3. The molecular formula is C15H18N4O4S3. The second-order valence-corrected chi connectivity index (χ2v) is 8.15. The number of carbonyl (C=O) groups is 2. The molecule has 0 aliphatic heterocycles. The van der Waals surface area contributed by atoms with Crippen LogP contribution < -0.4 is 20.5 Å². The Labute approximate surface area is 163 Å². The number of benzene rings is 1. The van der Waals surface area contributed by atoms with Gasteiger partial charge in [0.1, 0.15) is 6.61 Å². The number of nitrogens with one attached hydrogen (secondary N) is 1. The molecule has 0 unspecified atom stereocenters. The number of nitrogens with zero attached hydrogens (tertiary/aromatic N) is 2. The second kappa shape index (κ2) is 10.9. The third-order valence-electron chi connectivity index (χ3n) is 2.80. The van der Waals surface area contributed by atoms with E-state index in [0.29, 0.717) is 33.3 Å². The van der Waals surface area contributed by atoms with Crippen LogP contribution in [0.25, 0.3) is 0 Å². The predicted octanol–water partition coefficient (Wildman–Crippen LogP) is 1.41. The molecule has 1 aromatic carbocycles. The molecule has 0 saturated carbocycles. The molecule has 0 saturated heterocycles. The zero-order valence-electron chi connectivity index (χ0n) is 14.0. The number of para-hydroxylation sites is 2. The second-order valence-electron chi connectivity index (χ2n) is 4.73. The molecule has 3 N–H and O–H groups in total. The van der Waals surface area contributed by atoms with Crippen molar-refractivity contribution < 1.29 is 19.1 Å². The van der Waals surface area contributed by atoms with E-state index in [1.54, 1.807) is 13.2 Å². The molecule has 2 amide bonds. The molecule has 0 bridgehead atoms. The minimum Gasteiger partial charge on any atom is -0.493 e. The Morgan fingerprint density at radius 1 is 1.15 bits per heavy atom. The van der Waals surface area contributed by atoms with E-state index in [9.17, 15) is 9.59 Å². The first-order valence-corrected chi connectivity index (χ1v) is 10.3. The summed E-state index contributed by atoms with van der Waals surface area (Å²) < 4.78 is 12.1. The van der Waals surface area contributed by atoms with Crippen LogP contribution in [0.2, 0.25) is 0 Å². The lowest BCUT2D eigenvalue weighted by Gasteiger charge is -2.10. The van der Waals surface area contributed by atoms with E-state index in [2.05, 4.69) is 15.5 Å². The third kappa shape index (κ3) is 7.10. The fourth-order valence-electron chi connectivity index (χ4n) is 1.71. The third-order valence-corrected chi connectivity index (χ3v) is 6.02. The van der Waals surface area contributed by atoms with Crippen LogP contribution in [-0.4, -0.2) is 53.8 Å². The first-order chi connectivity index (χ1) is 12.6. The summed E-state index contributed by atoms with van der Waals surface area (Å²) in [6.45, 7) is 0.719. The molecule has 2 rings (SSSR count). The summed E-state index contributed by atoms with van der Waals surface area (Å²) in [5, 5.41) is 10.7. The van der Waals surface area contributed by atoms with Crippen LogP contribution in [-0.2, 0) is 9.59 Å². The highest BCUT2D eigenvalue weighted by molar-refractivity contribution is 8.03. The highest BCUT2D eigenvalue weighted by atomic mass is 32.2. The molecule has 2 aromatic rings. The van der Waals surface area contributed by atoms with Crippen molar-refractivity contribution in [1.29, 1.82) is 0 Å². The molecule has 0 radical (unpaired) electrons. The first kappa shape index (κ1) is 20.3. The Morgan fingerprint density at radius 2 is 1.81 bits per heavy atom. The molecule has 11 heteroatoms. The van der Waals surface area contributed by atoms with Gasteiger partial charge >= 0.3 is 0 Å². The van der Waals surface area contributed by atoms with Gasteiger partial charge in [0, 0.05) is 0 Å². The SMILES string of the molecule is COc1ccccc1OCCNC(=O)CSc1nnc(SCC(N)=O)s1. The Kier molecular flexibility index (Phi) is 8.51. The van der Waals surface area contributed by atoms with Crippen molar-refractivity contribution in [2.75, 3.05) is 31.8 Å². The lowest BCUT2D eigenvalue weighted by molar-refractivity contribution is -0.118. The minimum atomic E-state index is -0.408. The molecule has 0 aliphatic rings. The van der Waals surface area contributed by atoms with Gasteiger partial charge < -0.3 is 20.5 Å². The highest BCUT2D eigenvalue weighted by Crippen LogP contribution is 2.28. The van der Waals surface area contributed by atoms with Gasteiger partial charge in [0.05, 0.1) is 25.2 Å². The van der Waals surface area contributed by atoms with Gasteiger partial charge in [0.15, 0.2) is 20.2 Å². The molecule has 0 fully saturated rings. The van der Waals surface area contributed by atoms with E-state index < -0.39 is 5.91 Å². The van der Waals surface area contributed by atoms with Crippen LogP contribution in [0.1, 0.15) is 0 Å². The van der Waals surface area contributed by atoms with Crippen LogP contribution in [0.3, 0.4) is 0 Å². The predicted molar refractivity (Wildman–Crippen MR) is 102 cm³/mol. The Morgan fingerprint density at radius 3 is 2.46 bits per heavy atom. The number of hydrogen-bond acceptors (Lipinski definition) is 9. The Balaban J connectivity index is 1.64. The Hall–Kier alpha value is -1.98.